The van der Waals surface area contributed by atoms with Gasteiger partial charge in [0.15, 0.2) is 0 Å². The van der Waals surface area contributed by atoms with Crippen LogP contribution in [0, 0.1) is 10.1 Å². The molecule has 1 aromatic rings. The topological polar surface area (TPSA) is 95.5 Å². The molecular formula is C10H8N2O4. The van der Waals surface area contributed by atoms with Gasteiger partial charge in [0.2, 0.25) is 5.91 Å². The average Bonchev–Trinajstić information content (AvgIpc) is 2.27. The Balaban J connectivity index is 2.46. The van der Waals surface area contributed by atoms with Crippen molar-refractivity contribution in [1.82, 2.24) is 0 Å². The Labute approximate surface area is 90.5 Å². The molecule has 0 radical (unpaired) electrons. The normalized spacial score (nSPS) is 17.4. The van der Waals surface area contributed by atoms with Gasteiger partial charge in [0.25, 0.3) is 0 Å². The summed E-state index contributed by atoms with van der Waals surface area (Å²) in [6.07, 6.45) is 1.54. The summed E-state index contributed by atoms with van der Waals surface area (Å²) in [6.45, 7) is 0. The lowest BCUT2D eigenvalue weighted by molar-refractivity contribution is -0.548. The van der Waals surface area contributed by atoms with E-state index in [4.69, 9.17) is 10.5 Å². The number of rotatable bonds is 2. The van der Waals surface area contributed by atoms with Gasteiger partial charge in [0.1, 0.15) is 5.75 Å². The minimum Gasteiger partial charge on any atom is -0.426 e. The monoisotopic (exact) mass is 220 g/mol. The molecule has 0 aliphatic carbocycles. The fourth-order valence-electron chi connectivity index (χ4n) is 1.49. The number of benzene rings is 1. The SMILES string of the molecule is NC(=O)c1cccc2c1C=CC([N+](=O)[O-])O2. The molecule has 1 aromatic carbocycles. The van der Waals surface area contributed by atoms with Crippen LogP contribution in [-0.2, 0) is 0 Å². The maximum atomic E-state index is 11.1. The summed E-state index contributed by atoms with van der Waals surface area (Å²) in [5.74, 6) is -0.301. The van der Waals surface area contributed by atoms with Crippen LogP contribution in [0.3, 0.4) is 0 Å². The smallest absolute Gasteiger partial charge is 0.374 e. The maximum absolute atomic E-state index is 11.1. The van der Waals surface area contributed by atoms with E-state index in [2.05, 4.69) is 0 Å². The lowest BCUT2D eigenvalue weighted by Crippen LogP contribution is -2.26. The second-order valence-corrected chi connectivity index (χ2v) is 3.23. The Kier molecular flexibility index (Phi) is 2.32. The first kappa shape index (κ1) is 10.2. The molecule has 82 valence electrons. The molecule has 0 bridgehead atoms. The Morgan fingerprint density at radius 3 is 2.88 bits per heavy atom. The van der Waals surface area contributed by atoms with Crippen molar-refractivity contribution in [2.75, 3.05) is 0 Å². The standard InChI is InChI=1S/C10H8N2O4/c11-10(13)7-2-1-3-8-6(7)4-5-9(16-8)12(14)15/h1-5,9H,(H2,11,13). The summed E-state index contributed by atoms with van der Waals surface area (Å²) in [6, 6.07) is 4.66. The van der Waals surface area contributed by atoms with Crippen molar-refractivity contribution < 1.29 is 14.5 Å². The first-order valence-corrected chi connectivity index (χ1v) is 4.51. The summed E-state index contributed by atoms with van der Waals surface area (Å²) in [7, 11) is 0. The molecule has 6 nitrogen and oxygen atoms in total. The Bertz CT molecular complexity index is 496. The Morgan fingerprint density at radius 2 is 2.25 bits per heavy atom. The third kappa shape index (κ3) is 1.60. The summed E-state index contributed by atoms with van der Waals surface area (Å²) < 4.78 is 5.09. The molecule has 2 rings (SSSR count). The van der Waals surface area contributed by atoms with E-state index in [-0.39, 0.29) is 5.56 Å². The average molecular weight is 220 g/mol. The van der Waals surface area contributed by atoms with E-state index < -0.39 is 17.1 Å². The number of carbonyl (C=O) groups excluding carboxylic acids is 1. The van der Waals surface area contributed by atoms with Gasteiger partial charge in [-0.2, -0.15) is 0 Å². The van der Waals surface area contributed by atoms with Crippen LogP contribution < -0.4 is 10.5 Å². The number of hydrogen-bond donors (Lipinski definition) is 1. The molecule has 2 N–H and O–H groups in total. The number of ether oxygens (including phenoxy) is 1. The molecule has 1 aliphatic heterocycles. The minimum atomic E-state index is -1.21. The largest absolute Gasteiger partial charge is 0.426 e. The molecule has 0 saturated carbocycles. The molecule has 1 atom stereocenters. The van der Waals surface area contributed by atoms with Crippen molar-refractivity contribution in [3.05, 3.63) is 45.5 Å². The number of nitro groups is 1. The van der Waals surface area contributed by atoms with Crippen molar-refractivity contribution in [1.29, 1.82) is 0 Å². The van der Waals surface area contributed by atoms with E-state index in [9.17, 15) is 14.9 Å². The molecule has 1 amide bonds. The van der Waals surface area contributed by atoms with Crippen molar-refractivity contribution in [2.45, 2.75) is 6.23 Å². The number of fused-ring (bicyclic) bond motifs is 1. The van der Waals surface area contributed by atoms with Gasteiger partial charge in [-0.3, -0.25) is 14.9 Å². The van der Waals surface area contributed by atoms with Crippen LogP contribution in [0.1, 0.15) is 15.9 Å². The van der Waals surface area contributed by atoms with E-state index in [1.54, 1.807) is 18.2 Å². The molecule has 0 fully saturated rings. The predicted octanol–water partition coefficient (Wildman–Crippen LogP) is 0.794. The highest BCUT2D eigenvalue weighted by Gasteiger charge is 2.25. The van der Waals surface area contributed by atoms with Crippen molar-refractivity contribution >= 4 is 12.0 Å². The number of carbonyl (C=O) groups is 1. The zero-order valence-corrected chi connectivity index (χ0v) is 8.12. The molecule has 0 spiro atoms. The van der Waals surface area contributed by atoms with E-state index in [1.165, 1.54) is 12.2 Å². The molecular weight excluding hydrogens is 212 g/mol. The highest BCUT2D eigenvalue weighted by molar-refractivity contribution is 5.97. The van der Waals surface area contributed by atoms with Gasteiger partial charge in [0.05, 0.1) is 10.5 Å². The highest BCUT2D eigenvalue weighted by Crippen LogP contribution is 2.28. The number of amides is 1. The molecule has 1 heterocycles. The fraction of sp³-hybridized carbons (Fsp3) is 0.100. The molecule has 0 aromatic heterocycles. The zero-order valence-electron chi connectivity index (χ0n) is 8.12. The predicted molar refractivity (Wildman–Crippen MR) is 55.4 cm³/mol. The van der Waals surface area contributed by atoms with Crippen LogP contribution >= 0.6 is 0 Å². The van der Waals surface area contributed by atoms with Crippen LogP contribution in [0.4, 0.5) is 0 Å². The Hall–Kier alpha value is -2.37. The van der Waals surface area contributed by atoms with Crippen molar-refractivity contribution in [3.63, 3.8) is 0 Å². The number of nitrogens with zero attached hydrogens (tertiary/aromatic N) is 1. The number of nitrogens with two attached hydrogens (primary N) is 1. The minimum absolute atomic E-state index is 0.288. The second kappa shape index (κ2) is 3.65. The summed E-state index contributed by atoms with van der Waals surface area (Å²) in [4.78, 5) is 21.0. The third-order valence-electron chi connectivity index (χ3n) is 2.21. The summed E-state index contributed by atoms with van der Waals surface area (Å²) in [5.41, 5.74) is 5.94. The highest BCUT2D eigenvalue weighted by atomic mass is 16.7. The molecule has 1 unspecified atom stereocenters. The molecule has 6 heteroatoms. The van der Waals surface area contributed by atoms with Crippen LogP contribution in [0.25, 0.3) is 6.08 Å². The van der Waals surface area contributed by atoms with E-state index in [1.807, 2.05) is 0 Å². The van der Waals surface area contributed by atoms with Gasteiger partial charge in [0, 0.05) is 11.6 Å². The second-order valence-electron chi connectivity index (χ2n) is 3.23. The number of primary amides is 1. The van der Waals surface area contributed by atoms with Gasteiger partial charge in [-0.15, -0.1) is 0 Å². The fourth-order valence-corrected chi connectivity index (χ4v) is 1.49. The zero-order chi connectivity index (χ0) is 11.7. The quantitative estimate of drug-likeness (QED) is 0.588. The van der Waals surface area contributed by atoms with Crippen LogP contribution in [0.2, 0.25) is 0 Å². The number of hydrogen-bond acceptors (Lipinski definition) is 4. The van der Waals surface area contributed by atoms with Gasteiger partial charge < -0.3 is 10.5 Å². The first-order valence-electron chi connectivity index (χ1n) is 4.51. The lowest BCUT2D eigenvalue weighted by Gasteiger charge is -2.16. The van der Waals surface area contributed by atoms with Crippen molar-refractivity contribution in [3.8, 4) is 5.75 Å². The molecule has 0 saturated heterocycles. The van der Waals surface area contributed by atoms with Gasteiger partial charge in [-0.1, -0.05) is 6.07 Å². The summed E-state index contributed by atoms with van der Waals surface area (Å²) >= 11 is 0. The maximum Gasteiger partial charge on any atom is 0.374 e. The first-order chi connectivity index (χ1) is 7.59. The van der Waals surface area contributed by atoms with E-state index in [0.717, 1.165) is 0 Å². The van der Waals surface area contributed by atoms with Crippen LogP contribution in [-0.4, -0.2) is 17.1 Å². The van der Waals surface area contributed by atoms with Gasteiger partial charge >= 0.3 is 6.23 Å². The van der Waals surface area contributed by atoms with Gasteiger partial charge in [-0.05, 0) is 18.2 Å². The van der Waals surface area contributed by atoms with Gasteiger partial charge in [-0.25, -0.2) is 0 Å². The Morgan fingerprint density at radius 1 is 1.50 bits per heavy atom. The van der Waals surface area contributed by atoms with Crippen molar-refractivity contribution in [2.24, 2.45) is 5.73 Å². The van der Waals surface area contributed by atoms with Crippen LogP contribution in [0.15, 0.2) is 24.3 Å². The van der Waals surface area contributed by atoms with E-state index >= 15 is 0 Å². The molecule has 16 heavy (non-hydrogen) atoms. The summed E-state index contributed by atoms with van der Waals surface area (Å²) in [5, 5.41) is 10.5. The van der Waals surface area contributed by atoms with Crippen LogP contribution in [0.5, 0.6) is 5.75 Å². The molecule has 1 aliphatic rings. The lowest BCUT2D eigenvalue weighted by atomic mass is 10.0. The third-order valence-corrected chi connectivity index (χ3v) is 2.21. The van der Waals surface area contributed by atoms with E-state index in [0.29, 0.717) is 11.3 Å².